The van der Waals surface area contributed by atoms with E-state index in [1.54, 1.807) is 33.8 Å². The van der Waals surface area contributed by atoms with Gasteiger partial charge in [0, 0.05) is 12.3 Å². The average Bonchev–Trinajstić information content (AvgIpc) is 2.50. The zero-order valence-corrected chi connectivity index (χ0v) is 16.8. The van der Waals surface area contributed by atoms with E-state index >= 15 is 0 Å². The zero-order chi connectivity index (χ0) is 19.5. The number of pyridine rings is 1. The van der Waals surface area contributed by atoms with Gasteiger partial charge < -0.3 is 13.6 Å². The largest absolute Gasteiger partial charge is 0.350 e. The number of rotatable bonds is 7. The van der Waals surface area contributed by atoms with Gasteiger partial charge in [-0.15, -0.1) is 0 Å². The van der Waals surface area contributed by atoms with Crippen molar-refractivity contribution < 1.29 is 18.0 Å². The standard InChI is InChI=1S/C18H22ClFNO4P/c1-12(2)24-26(23,25-13(3)4)11-21-8-7-15(10-18(21)22)14-5-6-17(20)16(19)9-14/h5-10,12-13H,11H2,1-4H3. The molecule has 0 aliphatic heterocycles. The minimum absolute atomic E-state index is 0.0214. The molecule has 1 aromatic carbocycles. The van der Waals surface area contributed by atoms with Crippen LogP contribution in [0.4, 0.5) is 4.39 Å². The van der Waals surface area contributed by atoms with Gasteiger partial charge in [0.2, 0.25) is 0 Å². The van der Waals surface area contributed by atoms with Crippen LogP contribution in [0.3, 0.4) is 0 Å². The molecule has 0 spiro atoms. The van der Waals surface area contributed by atoms with Crippen molar-refractivity contribution in [2.75, 3.05) is 0 Å². The molecule has 0 aliphatic rings. The Hall–Kier alpha value is -1.46. The van der Waals surface area contributed by atoms with Crippen molar-refractivity contribution in [3.8, 4) is 11.1 Å². The molecule has 0 radical (unpaired) electrons. The van der Waals surface area contributed by atoms with E-state index in [1.807, 2.05) is 0 Å². The summed E-state index contributed by atoms with van der Waals surface area (Å²) in [7, 11) is -3.49. The molecule has 0 atom stereocenters. The molecule has 1 aromatic heterocycles. The molecule has 0 saturated carbocycles. The van der Waals surface area contributed by atoms with Crippen molar-refractivity contribution in [1.29, 1.82) is 0 Å². The van der Waals surface area contributed by atoms with Crippen molar-refractivity contribution in [2.45, 2.75) is 46.2 Å². The molecule has 26 heavy (non-hydrogen) atoms. The lowest BCUT2D eigenvalue weighted by atomic mass is 10.1. The summed E-state index contributed by atoms with van der Waals surface area (Å²) in [5.41, 5.74) is 0.820. The predicted octanol–water partition coefficient (Wildman–Crippen LogP) is 5.31. The number of aromatic nitrogens is 1. The Morgan fingerprint density at radius 3 is 2.15 bits per heavy atom. The SMILES string of the molecule is CC(C)OP(=O)(Cn1ccc(-c2ccc(F)c(Cl)c2)cc1=O)OC(C)C. The minimum atomic E-state index is -3.49. The molecule has 8 heteroatoms. The van der Waals surface area contributed by atoms with E-state index in [0.717, 1.165) is 0 Å². The van der Waals surface area contributed by atoms with Crippen LogP contribution in [0.2, 0.25) is 5.02 Å². The molecule has 0 amide bonds. The second-order valence-corrected chi connectivity index (χ2v) is 8.75. The number of nitrogens with zero attached hydrogens (tertiary/aromatic N) is 1. The molecule has 0 saturated heterocycles. The van der Waals surface area contributed by atoms with Crippen LogP contribution in [-0.2, 0) is 19.9 Å². The number of hydrogen-bond donors (Lipinski definition) is 0. The maximum Gasteiger partial charge on any atom is 0.350 e. The number of hydrogen-bond acceptors (Lipinski definition) is 4. The fraction of sp³-hybridized carbons (Fsp3) is 0.389. The molecule has 0 unspecified atom stereocenters. The van der Waals surface area contributed by atoms with Gasteiger partial charge in [-0.1, -0.05) is 17.7 Å². The van der Waals surface area contributed by atoms with Crippen LogP contribution in [-0.4, -0.2) is 16.8 Å². The third kappa shape index (κ3) is 5.52. The molecule has 0 N–H and O–H groups in total. The van der Waals surface area contributed by atoms with E-state index in [1.165, 1.54) is 35.0 Å². The molecule has 0 fully saturated rings. The third-order valence-electron chi connectivity index (χ3n) is 3.32. The first-order chi connectivity index (χ1) is 12.1. The van der Waals surface area contributed by atoms with Crippen molar-refractivity contribution in [3.63, 3.8) is 0 Å². The van der Waals surface area contributed by atoms with Crippen molar-refractivity contribution >= 4 is 19.2 Å². The average molecular weight is 402 g/mol. The number of halogens is 2. The van der Waals surface area contributed by atoms with Gasteiger partial charge >= 0.3 is 7.60 Å². The lowest BCUT2D eigenvalue weighted by Crippen LogP contribution is -2.21. The molecule has 2 aromatic rings. The van der Waals surface area contributed by atoms with Gasteiger partial charge in [-0.3, -0.25) is 9.36 Å². The van der Waals surface area contributed by atoms with Crippen molar-refractivity contribution in [3.05, 3.63) is 57.7 Å². The highest BCUT2D eigenvalue weighted by Gasteiger charge is 2.28. The fourth-order valence-corrected chi connectivity index (χ4v) is 4.66. The molecular formula is C18H22ClFNO4P. The van der Waals surface area contributed by atoms with E-state index in [4.69, 9.17) is 20.6 Å². The number of benzene rings is 1. The van der Waals surface area contributed by atoms with E-state index in [2.05, 4.69) is 0 Å². The second kappa shape index (κ2) is 8.49. The van der Waals surface area contributed by atoms with E-state index in [9.17, 15) is 13.8 Å². The fourth-order valence-electron chi connectivity index (χ4n) is 2.40. The quantitative estimate of drug-likeness (QED) is 0.590. The lowest BCUT2D eigenvalue weighted by molar-refractivity contribution is 0.138. The van der Waals surface area contributed by atoms with Crippen LogP contribution in [0.25, 0.3) is 11.1 Å². The van der Waals surface area contributed by atoms with Crippen LogP contribution in [0.5, 0.6) is 0 Å². The van der Waals surface area contributed by atoms with E-state index in [0.29, 0.717) is 11.1 Å². The zero-order valence-electron chi connectivity index (χ0n) is 15.1. The molecule has 0 bridgehead atoms. The van der Waals surface area contributed by atoms with Crippen molar-refractivity contribution in [2.24, 2.45) is 0 Å². The molecule has 2 rings (SSSR count). The summed E-state index contributed by atoms with van der Waals surface area (Å²) < 4.78 is 38.4. The summed E-state index contributed by atoms with van der Waals surface area (Å²) in [4.78, 5) is 12.4. The molecule has 5 nitrogen and oxygen atoms in total. The maximum atomic E-state index is 13.3. The molecule has 142 valence electrons. The smallest absolute Gasteiger partial charge is 0.305 e. The highest BCUT2D eigenvalue weighted by atomic mass is 35.5. The predicted molar refractivity (Wildman–Crippen MR) is 101 cm³/mol. The van der Waals surface area contributed by atoms with E-state index in [-0.39, 0.29) is 29.1 Å². The minimum Gasteiger partial charge on any atom is -0.305 e. The van der Waals surface area contributed by atoms with Gasteiger partial charge in [-0.25, -0.2) is 4.39 Å². The summed E-state index contributed by atoms with van der Waals surface area (Å²) in [6.07, 6.45) is 0.702. The Morgan fingerprint density at radius 1 is 1.08 bits per heavy atom. The second-order valence-electron chi connectivity index (χ2n) is 6.41. The lowest BCUT2D eigenvalue weighted by Gasteiger charge is -2.23. The van der Waals surface area contributed by atoms with E-state index < -0.39 is 13.4 Å². The normalized spacial score (nSPS) is 12.2. The summed E-state index contributed by atoms with van der Waals surface area (Å²) in [6.45, 7) is 7.00. The Kier molecular flexibility index (Phi) is 6.80. The molecular weight excluding hydrogens is 380 g/mol. The van der Waals surface area contributed by atoms with Crippen LogP contribution in [0, 0.1) is 5.82 Å². The van der Waals surface area contributed by atoms with Gasteiger partial charge in [-0.2, -0.15) is 0 Å². The summed E-state index contributed by atoms with van der Waals surface area (Å²) in [5.74, 6) is -0.527. The molecule has 1 heterocycles. The van der Waals surface area contributed by atoms with Crippen LogP contribution in [0.1, 0.15) is 27.7 Å². The molecule has 0 aliphatic carbocycles. The Morgan fingerprint density at radius 2 is 1.65 bits per heavy atom. The Balaban J connectivity index is 2.32. The van der Waals surface area contributed by atoms with Gasteiger partial charge in [-0.05, 0) is 57.0 Å². The highest BCUT2D eigenvalue weighted by Crippen LogP contribution is 2.51. The first kappa shape index (κ1) is 20.8. The first-order valence-electron chi connectivity index (χ1n) is 8.21. The topological polar surface area (TPSA) is 57.5 Å². The monoisotopic (exact) mass is 401 g/mol. The van der Waals surface area contributed by atoms with Crippen LogP contribution in [0.15, 0.2) is 41.3 Å². The van der Waals surface area contributed by atoms with Gasteiger partial charge in [0.05, 0.1) is 17.2 Å². The summed E-state index contributed by atoms with van der Waals surface area (Å²) in [6, 6.07) is 7.27. The first-order valence-corrected chi connectivity index (χ1v) is 10.3. The van der Waals surface area contributed by atoms with Gasteiger partial charge in [0.15, 0.2) is 0 Å². The highest BCUT2D eigenvalue weighted by molar-refractivity contribution is 7.52. The van der Waals surface area contributed by atoms with Gasteiger partial charge in [0.25, 0.3) is 5.56 Å². The van der Waals surface area contributed by atoms with Crippen molar-refractivity contribution in [1.82, 2.24) is 4.57 Å². The third-order valence-corrected chi connectivity index (χ3v) is 5.74. The van der Waals surface area contributed by atoms with Gasteiger partial charge in [0.1, 0.15) is 12.1 Å². The summed E-state index contributed by atoms with van der Waals surface area (Å²) >= 11 is 5.79. The Bertz CT molecular complexity index is 868. The Labute approximate surface area is 157 Å². The van der Waals surface area contributed by atoms with Crippen LogP contribution >= 0.6 is 19.2 Å². The van der Waals surface area contributed by atoms with Crippen LogP contribution < -0.4 is 5.56 Å². The maximum absolute atomic E-state index is 13.3. The summed E-state index contributed by atoms with van der Waals surface area (Å²) in [5, 5.41) is -0.0214.